The molecule has 0 bridgehead atoms. The van der Waals surface area contributed by atoms with Gasteiger partial charge in [-0.1, -0.05) is 70.8 Å². The van der Waals surface area contributed by atoms with Crippen molar-refractivity contribution in [1.29, 1.82) is 0 Å². The molecule has 2 aliphatic rings. The summed E-state index contributed by atoms with van der Waals surface area (Å²) in [6, 6.07) is 14.4. The van der Waals surface area contributed by atoms with Crippen LogP contribution >= 0.6 is 0 Å². The Morgan fingerprint density at radius 1 is 1.12 bits per heavy atom. The molecule has 24 heavy (non-hydrogen) atoms. The summed E-state index contributed by atoms with van der Waals surface area (Å²) in [6.07, 6.45) is 11.7. The SMILES string of the molecule is CC=C=c1cc2c([c-]c1C1=CC=CC1)=Cc1ccccc1-2.[Cl-].[Cl-].[Zr+3]. The predicted molar refractivity (Wildman–Crippen MR) is 88.9 cm³/mol. The summed E-state index contributed by atoms with van der Waals surface area (Å²) in [5.41, 5.74) is 9.73. The van der Waals surface area contributed by atoms with Crippen molar-refractivity contribution in [2.24, 2.45) is 0 Å². The molecule has 2 aliphatic carbocycles. The van der Waals surface area contributed by atoms with Crippen LogP contribution in [-0.2, 0) is 26.2 Å². The van der Waals surface area contributed by atoms with E-state index in [9.17, 15) is 0 Å². The minimum atomic E-state index is 0. The first kappa shape index (κ1) is 20.9. The summed E-state index contributed by atoms with van der Waals surface area (Å²) in [6.45, 7) is 2.01. The summed E-state index contributed by atoms with van der Waals surface area (Å²) in [7, 11) is 0. The first-order valence-electron chi connectivity index (χ1n) is 7.32. The monoisotopic (exact) mass is 427 g/mol. The molecule has 0 amide bonds. The second-order valence-electron chi connectivity index (χ2n) is 5.37. The zero-order chi connectivity index (χ0) is 14.2. The average molecular weight is 429 g/mol. The van der Waals surface area contributed by atoms with Crippen LogP contribution in [0.3, 0.4) is 0 Å². The van der Waals surface area contributed by atoms with Crippen molar-refractivity contribution < 1.29 is 51.0 Å². The van der Waals surface area contributed by atoms with E-state index >= 15 is 0 Å². The smallest absolute Gasteiger partial charge is 1.00 e. The first-order chi connectivity index (χ1) is 10.4. The third-order valence-corrected chi connectivity index (χ3v) is 4.05. The molecule has 0 spiro atoms. The third-order valence-electron chi connectivity index (χ3n) is 4.05. The summed E-state index contributed by atoms with van der Waals surface area (Å²) in [4.78, 5) is 0. The minimum absolute atomic E-state index is 0. The summed E-state index contributed by atoms with van der Waals surface area (Å²) in [5.74, 6) is 0. The van der Waals surface area contributed by atoms with E-state index in [4.69, 9.17) is 0 Å². The normalized spacial score (nSPS) is 12.3. The van der Waals surface area contributed by atoms with Crippen LogP contribution in [0.1, 0.15) is 24.5 Å². The van der Waals surface area contributed by atoms with Crippen molar-refractivity contribution in [3.8, 4) is 11.1 Å². The fourth-order valence-corrected chi connectivity index (χ4v) is 3.08. The number of hydrogen-bond donors (Lipinski definition) is 0. The Morgan fingerprint density at radius 3 is 2.62 bits per heavy atom. The van der Waals surface area contributed by atoms with Gasteiger partial charge in [0, 0.05) is 0 Å². The van der Waals surface area contributed by atoms with Gasteiger partial charge in [-0.2, -0.15) is 5.73 Å². The Balaban J connectivity index is 0.000000960. The van der Waals surface area contributed by atoms with Crippen LogP contribution in [0.15, 0.2) is 54.6 Å². The standard InChI is InChI=1S/C21H15.2ClH.Zr/c1-2-7-16-13-21-18(12-17-10-5-6-11-19(17)21)14-20(16)15-8-3-4-9-15;;;/h2-6,8,10-13H,9H2,1H3;2*1H;/q-1;;;+3/p-2. The second-order valence-corrected chi connectivity index (χ2v) is 5.37. The topological polar surface area (TPSA) is 0 Å². The van der Waals surface area contributed by atoms with Gasteiger partial charge in [0.15, 0.2) is 0 Å². The van der Waals surface area contributed by atoms with Gasteiger partial charge < -0.3 is 24.8 Å². The number of halogens is 2. The Labute approximate surface area is 174 Å². The van der Waals surface area contributed by atoms with Crippen molar-refractivity contribution in [3.05, 3.63) is 82.3 Å². The summed E-state index contributed by atoms with van der Waals surface area (Å²) >= 11 is 0. The van der Waals surface area contributed by atoms with E-state index in [0.717, 1.165) is 11.6 Å². The number of rotatable bonds is 1. The molecule has 0 fully saturated rings. The molecular weight excluding hydrogens is 414 g/mol. The minimum Gasteiger partial charge on any atom is -1.00 e. The average Bonchev–Trinajstić information content (AvgIpc) is 3.14. The molecule has 0 aromatic heterocycles. The number of hydrogen-bond acceptors (Lipinski definition) is 0. The van der Waals surface area contributed by atoms with Gasteiger partial charge in [0.2, 0.25) is 0 Å². The summed E-state index contributed by atoms with van der Waals surface area (Å²) in [5, 5.41) is 2.33. The fraction of sp³-hybridized carbons (Fsp3) is 0.0952. The molecule has 0 saturated heterocycles. The second kappa shape index (κ2) is 8.84. The van der Waals surface area contributed by atoms with E-state index in [1.807, 2.05) is 13.0 Å². The number of benzene rings is 2. The third kappa shape index (κ3) is 3.61. The van der Waals surface area contributed by atoms with Crippen LogP contribution in [0, 0.1) is 6.07 Å². The molecule has 2 aromatic rings. The van der Waals surface area contributed by atoms with Gasteiger partial charge in [-0.25, -0.2) is 0 Å². The van der Waals surface area contributed by atoms with Gasteiger partial charge in [0.25, 0.3) is 0 Å². The molecule has 0 saturated carbocycles. The van der Waals surface area contributed by atoms with E-state index in [2.05, 4.69) is 66.4 Å². The van der Waals surface area contributed by atoms with Crippen molar-refractivity contribution in [2.75, 3.05) is 0 Å². The van der Waals surface area contributed by atoms with Crippen molar-refractivity contribution >= 4 is 17.4 Å². The van der Waals surface area contributed by atoms with Crippen LogP contribution < -0.4 is 35.3 Å². The van der Waals surface area contributed by atoms with Gasteiger partial charge in [0.1, 0.15) is 0 Å². The maximum atomic E-state index is 3.62. The maximum Gasteiger partial charge on any atom is 3.00 e. The van der Waals surface area contributed by atoms with Crippen molar-refractivity contribution in [3.63, 3.8) is 0 Å². The molecular formula is C21H15Cl2Zr. The fourth-order valence-electron chi connectivity index (χ4n) is 3.08. The van der Waals surface area contributed by atoms with Gasteiger partial charge in [-0.05, 0) is 18.6 Å². The van der Waals surface area contributed by atoms with Gasteiger partial charge in [-0.3, -0.25) is 0 Å². The van der Waals surface area contributed by atoms with Crippen LogP contribution in [-0.4, -0.2) is 0 Å². The Hall–Kier alpha value is -1.10. The number of allylic oxidation sites excluding steroid dienone is 5. The quantitative estimate of drug-likeness (QED) is 0.379. The van der Waals surface area contributed by atoms with Crippen molar-refractivity contribution in [2.45, 2.75) is 13.3 Å². The zero-order valence-corrected chi connectivity index (χ0v) is 17.2. The van der Waals surface area contributed by atoms with Crippen LogP contribution in [0.4, 0.5) is 0 Å². The van der Waals surface area contributed by atoms with Crippen molar-refractivity contribution in [1.82, 2.24) is 0 Å². The predicted octanol–water partition coefficient (Wildman–Crippen LogP) is -2.40. The molecule has 2 aromatic carbocycles. The summed E-state index contributed by atoms with van der Waals surface area (Å²) < 4.78 is 0. The first-order valence-corrected chi connectivity index (χ1v) is 7.32. The Bertz CT molecular complexity index is 962. The molecule has 0 aliphatic heterocycles. The van der Waals surface area contributed by atoms with E-state index < -0.39 is 0 Å². The number of fused-ring (bicyclic) bond motifs is 3. The molecule has 1 radical (unpaired) electrons. The van der Waals surface area contributed by atoms with Crippen LogP contribution in [0.25, 0.3) is 28.5 Å². The molecule has 0 nitrogen and oxygen atoms in total. The Kier molecular flexibility index (Phi) is 7.72. The molecule has 3 heteroatoms. The van der Waals surface area contributed by atoms with Crippen LogP contribution in [0.2, 0.25) is 0 Å². The molecule has 117 valence electrons. The van der Waals surface area contributed by atoms with E-state index in [0.29, 0.717) is 0 Å². The molecule has 4 rings (SSSR count). The van der Waals surface area contributed by atoms with Crippen LogP contribution in [0.5, 0.6) is 0 Å². The molecule has 0 heterocycles. The van der Waals surface area contributed by atoms with E-state index in [1.165, 1.54) is 33.0 Å². The van der Waals surface area contributed by atoms with E-state index in [1.54, 1.807) is 0 Å². The molecule has 0 atom stereocenters. The Morgan fingerprint density at radius 2 is 1.92 bits per heavy atom. The molecule has 0 unspecified atom stereocenters. The maximum absolute atomic E-state index is 3.62. The van der Waals surface area contributed by atoms with Gasteiger partial charge in [0.05, 0.1) is 0 Å². The van der Waals surface area contributed by atoms with Gasteiger partial charge >= 0.3 is 26.2 Å². The largest absolute Gasteiger partial charge is 3.00 e. The molecule has 0 N–H and O–H groups in total. The van der Waals surface area contributed by atoms with Gasteiger partial charge in [-0.15, -0.1) is 29.0 Å². The zero-order valence-electron chi connectivity index (χ0n) is 13.2. The van der Waals surface area contributed by atoms with E-state index in [-0.39, 0.29) is 51.0 Å².